The largest absolute Gasteiger partial charge is 0.393 e. The van der Waals surface area contributed by atoms with Crippen LogP contribution < -0.4 is 0 Å². The number of carbonyl (C=O) groups is 4. The zero-order chi connectivity index (χ0) is 42.2. The van der Waals surface area contributed by atoms with Gasteiger partial charge in [-0.25, -0.2) is 0 Å². The molecule has 0 spiro atoms. The second-order valence-corrected chi connectivity index (χ2v) is 18.0. The number of hydrogen-bond donors (Lipinski definition) is 3. The van der Waals surface area contributed by atoms with Crippen molar-refractivity contribution in [2.45, 2.75) is 167 Å². The molecule has 2 bridgehead atoms. The van der Waals surface area contributed by atoms with E-state index in [2.05, 4.69) is 19.6 Å². The Labute approximate surface area is 340 Å². The van der Waals surface area contributed by atoms with Crippen molar-refractivity contribution < 1.29 is 53.4 Å². The van der Waals surface area contributed by atoms with Crippen LogP contribution >= 0.6 is 0 Å². The minimum Gasteiger partial charge on any atom is -0.393 e. The van der Waals surface area contributed by atoms with Gasteiger partial charge in [0.25, 0.3) is 11.7 Å². The van der Waals surface area contributed by atoms with Crippen molar-refractivity contribution in [2.24, 2.45) is 29.1 Å². The molecule has 0 unspecified atom stereocenters. The van der Waals surface area contributed by atoms with Crippen molar-refractivity contribution in [3.8, 4) is 0 Å². The van der Waals surface area contributed by atoms with E-state index in [1.165, 1.54) is 12.0 Å². The van der Waals surface area contributed by atoms with Crippen molar-refractivity contribution in [3.05, 3.63) is 36.0 Å². The Morgan fingerprint density at radius 2 is 1.61 bits per heavy atom. The third kappa shape index (κ3) is 11.4. The monoisotopic (exact) mass is 802 g/mol. The molecule has 12 heteroatoms. The van der Waals surface area contributed by atoms with Gasteiger partial charge in [-0.2, -0.15) is 0 Å². The number of ketones is 3. The van der Waals surface area contributed by atoms with E-state index in [1.54, 1.807) is 27.2 Å². The summed E-state index contributed by atoms with van der Waals surface area (Å²) in [4.78, 5) is 58.3. The number of methoxy groups -OCH3 is 3. The lowest BCUT2D eigenvalue weighted by Crippen LogP contribution is -2.64. The highest BCUT2D eigenvalue weighted by atomic mass is 16.7. The fourth-order valence-electron chi connectivity index (χ4n) is 9.89. The van der Waals surface area contributed by atoms with E-state index in [0.29, 0.717) is 51.4 Å². The summed E-state index contributed by atoms with van der Waals surface area (Å²) in [5.41, 5.74) is 0.921. The summed E-state index contributed by atoms with van der Waals surface area (Å²) in [7, 11) is 4.66. The van der Waals surface area contributed by atoms with E-state index in [1.807, 2.05) is 26.8 Å². The van der Waals surface area contributed by atoms with Gasteiger partial charge in [0.2, 0.25) is 5.79 Å². The van der Waals surface area contributed by atoms with Crippen LogP contribution in [-0.2, 0) is 38.1 Å². The molecular weight excluding hydrogens is 730 g/mol. The molecule has 3 heterocycles. The predicted octanol–water partition coefficient (Wildman–Crippen LogP) is 5.45. The van der Waals surface area contributed by atoms with E-state index in [0.717, 1.165) is 17.6 Å². The third-order valence-electron chi connectivity index (χ3n) is 13.4. The molecule has 12 nitrogen and oxygen atoms in total. The van der Waals surface area contributed by atoms with Crippen LogP contribution in [0.25, 0.3) is 0 Å². The first kappa shape index (κ1) is 47.1. The maximum atomic E-state index is 14.6. The van der Waals surface area contributed by atoms with E-state index in [-0.39, 0.29) is 61.7 Å². The molecule has 2 saturated heterocycles. The number of fused-ring (bicyclic) bond motifs is 3. The van der Waals surface area contributed by atoms with Crippen molar-refractivity contribution in [1.82, 2.24) is 4.90 Å². The summed E-state index contributed by atoms with van der Waals surface area (Å²) >= 11 is 0. The molecule has 3 aliphatic heterocycles. The number of hydrogen-bond acceptors (Lipinski definition) is 11. The zero-order valence-electron chi connectivity index (χ0n) is 35.7. The molecule has 1 amide bonds. The average molecular weight is 802 g/mol. The summed E-state index contributed by atoms with van der Waals surface area (Å²) in [6.45, 7) is 13.6. The molecule has 0 aromatic carbocycles. The molecule has 3 fully saturated rings. The normalized spacial score (nSPS) is 41.1. The minimum atomic E-state index is -2.47. The summed E-state index contributed by atoms with van der Waals surface area (Å²) in [5, 5.41) is 34.2. The Balaban J connectivity index is 1.78. The van der Waals surface area contributed by atoms with Gasteiger partial charge in [-0.1, -0.05) is 50.1 Å². The van der Waals surface area contributed by atoms with Crippen molar-refractivity contribution >= 4 is 23.3 Å². The summed E-state index contributed by atoms with van der Waals surface area (Å²) in [6, 6.07) is -0.930. The van der Waals surface area contributed by atoms with Gasteiger partial charge in [0.1, 0.15) is 11.9 Å². The van der Waals surface area contributed by atoms with Gasteiger partial charge < -0.3 is 39.2 Å². The highest BCUT2D eigenvalue weighted by Crippen LogP contribution is 2.42. The number of aliphatic hydroxyl groups excluding tert-OH is 2. The molecular formula is C45H71NO11. The first-order valence-corrected chi connectivity index (χ1v) is 21.1. The first-order valence-electron chi connectivity index (χ1n) is 21.1. The van der Waals surface area contributed by atoms with Crippen LogP contribution in [0.4, 0.5) is 0 Å². The van der Waals surface area contributed by atoms with Crippen molar-refractivity contribution in [2.75, 3.05) is 27.9 Å². The van der Waals surface area contributed by atoms with Gasteiger partial charge in [0, 0.05) is 52.6 Å². The first-order chi connectivity index (χ1) is 26.9. The Hall–Kier alpha value is -2.58. The van der Waals surface area contributed by atoms with Gasteiger partial charge in [-0.3, -0.25) is 19.2 Å². The fourth-order valence-corrected chi connectivity index (χ4v) is 9.89. The Kier molecular flexibility index (Phi) is 17.0. The topological polar surface area (TPSA) is 169 Å². The highest BCUT2D eigenvalue weighted by Gasteiger charge is 2.56. The van der Waals surface area contributed by atoms with Gasteiger partial charge >= 0.3 is 0 Å². The third-order valence-corrected chi connectivity index (χ3v) is 13.4. The van der Waals surface area contributed by atoms with Crippen LogP contribution in [0.2, 0.25) is 0 Å². The SMILES string of the molecule is C=CC[C@@H]1/C=C(\C)C[C@H](C)C[C@H](OC)[C@H]2O[C@@](O)(C(=O)C(=O)N3CCCC[C@H]3C(=O)C[C@@](C)(/C(C)=C/[C@@H]3CC[C@@H](O)[C@H](OC)C3)C[C@@H](O)CC1=O)[C@H](C)C[C@@H]2OC. The summed E-state index contributed by atoms with van der Waals surface area (Å²) in [6.07, 6.45) is 6.96. The number of Topliss-reactive ketones (excluding diaryl/α,β-unsaturated/α-hetero) is 3. The van der Waals surface area contributed by atoms with Crippen LogP contribution in [0.15, 0.2) is 36.0 Å². The molecule has 13 atom stereocenters. The maximum absolute atomic E-state index is 14.6. The number of carbonyl (C=O) groups excluding carboxylic acids is 4. The molecule has 4 aliphatic rings. The maximum Gasteiger partial charge on any atom is 0.296 e. The van der Waals surface area contributed by atoms with Gasteiger partial charge in [0.15, 0.2) is 5.78 Å². The number of amides is 1. The number of piperidine rings is 1. The Morgan fingerprint density at radius 1 is 0.947 bits per heavy atom. The lowest BCUT2D eigenvalue weighted by Gasteiger charge is -2.47. The smallest absolute Gasteiger partial charge is 0.296 e. The molecule has 1 aliphatic carbocycles. The molecule has 3 N–H and O–H groups in total. The standard InChI is InChI=1S/C45H71NO11/c1-10-13-32-19-27(2)18-28(3)20-39(55-8)41-40(56-9)22-30(5)45(53,57-41)42(51)43(52)46-17-12-11-14-34(46)37(50)26-44(6,25-33(47)24-36(32)49)29(4)21-31-15-16-35(48)38(23-31)54-7/h10,19,21,28,30-35,38-41,47-48,53H,1,11-18,20,22-26H2,2-9H3/b27-19+,29-21+/t28-,30+,31-,32+,33-,34-,35+,38+,39-,40-,41+,44-,45+/m0/s1. The number of ether oxygens (including phenoxy) is 4. The Bertz CT molecular complexity index is 1490. The molecule has 1 saturated carbocycles. The van der Waals surface area contributed by atoms with E-state index < -0.39 is 71.3 Å². The molecule has 322 valence electrons. The van der Waals surface area contributed by atoms with E-state index >= 15 is 0 Å². The summed E-state index contributed by atoms with van der Waals surface area (Å²) in [5.74, 6) is -6.15. The van der Waals surface area contributed by atoms with Crippen LogP contribution in [0, 0.1) is 29.1 Å². The summed E-state index contributed by atoms with van der Waals surface area (Å²) < 4.78 is 23.6. The number of aliphatic hydroxyl groups is 3. The fraction of sp³-hybridized carbons (Fsp3) is 0.778. The number of rotatable bonds is 7. The molecule has 0 aromatic heterocycles. The average Bonchev–Trinajstić information content (AvgIpc) is 3.17. The molecule has 4 rings (SSSR count). The second-order valence-electron chi connectivity index (χ2n) is 18.0. The molecule has 0 radical (unpaired) electrons. The van der Waals surface area contributed by atoms with Gasteiger partial charge in [-0.15, -0.1) is 6.58 Å². The lowest BCUT2D eigenvalue weighted by atomic mass is 9.70. The van der Waals surface area contributed by atoms with Crippen molar-refractivity contribution in [3.63, 3.8) is 0 Å². The van der Waals surface area contributed by atoms with Crippen LogP contribution in [0.5, 0.6) is 0 Å². The predicted molar refractivity (Wildman–Crippen MR) is 216 cm³/mol. The molecule has 0 aromatic rings. The quantitative estimate of drug-likeness (QED) is 0.221. The minimum absolute atomic E-state index is 0.0263. The Morgan fingerprint density at radius 3 is 2.26 bits per heavy atom. The number of nitrogens with zero attached hydrogens (tertiary/aromatic N) is 1. The highest BCUT2D eigenvalue weighted by molar-refractivity contribution is 6.39. The second kappa shape index (κ2) is 20.6. The van der Waals surface area contributed by atoms with E-state index in [4.69, 9.17) is 18.9 Å². The zero-order valence-corrected chi connectivity index (χ0v) is 35.7. The van der Waals surface area contributed by atoms with Crippen molar-refractivity contribution in [1.29, 1.82) is 0 Å². The van der Waals surface area contributed by atoms with Crippen LogP contribution in [0.1, 0.15) is 118 Å². The van der Waals surface area contributed by atoms with Crippen LogP contribution in [-0.4, -0.2) is 120 Å². The lowest BCUT2D eigenvalue weighted by molar-refractivity contribution is -0.302. The van der Waals surface area contributed by atoms with Gasteiger partial charge in [0.05, 0.1) is 36.6 Å². The molecule has 57 heavy (non-hydrogen) atoms. The van der Waals surface area contributed by atoms with E-state index in [9.17, 15) is 34.5 Å². The van der Waals surface area contributed by atoms with Gasteiger partial charge in [-0.05, 0) is 102 Å². The number of allylic oxidation sites excluding steroid dienone is 5. The van der Waals surface area contributed by atoms with Crippen LogP contribution in [0.3, 0.4) is 0 Å².